The van der Waals surface area contributed by atoms with E-state index < -0.39 is 16.0 Å². The van der Waals surface area contributed by atoms with Crippen molar-refractivity contribution < 1.29 is 22.7 Å². The second-order valence-electron chi connectivity index (χ2n) is 6.53. The van der Waals surface area contributed by atoms with Crippen molar-refractivity contribution in [2.24, 2.45) is 4.99 Å². The van der Waals surface area contributed by atoms with Crippen LogP contribution in [0.25, 0.3) is 0 Å². The number of hydrogen-bond donors (Lipinski definition) is 2. The molecule has 0 fully saturated rings. The van der Waals surface area contributed by atoms with Gasteiger partial charge in [-0.25, -0.2) is 8.42 Å². The van der Waals surface area contributed by atoms with E-state index in [0.29, 0.717) is 5.56 Å². The number of amides is 1. The number of aliphatic imine (C=N–C) groups is 1. The topological polar surface area (TPSA) is 114 Å². The number of ether oxygens (including phenoxy) is 1. The monoisotopic (exact) mass is 381 g/mol. The summed E-state index contributed by atoms with van der Waals surface area (Å²) in [6.07, 6.45) is 0.694. The number of nitrogens with zero attached hydrogens (tertiary/aromatic N) is 1. The minimum Gasteiger partial charge on any atom is -0.456 e. The largest absolute Gasteiger partial charge is 0.456 e. The van der Waals surface area contributed by atoms with Crippen LogP contribution in [-0.4, -0.2) is 44.8 Å². The Hall–Kier alpha value is -2.42. The van der Waals surface area contributed by atoms with E-state index in [1.807, 2.05) is 20.8 Å². The fraction of sp³-hybridized carbons (Fsp3) is 0.471. The number of hydrogen-bond acceptors (Lipinski definition) is 6. The molecule has 1 aromatic rings. The zero-order chi connectivity index (χ0) is 19.4. The van der Waals surface area contributed by atoms with Crippen molar-refractivity contribution in [2.75, 3.05) is 13.2 Å². The molecule has 1 heterocycles. The van der Waals surface area contributed by atoms with Gasteiger partial charge in [0.25, 0.3) is 15.9 Å². The van der Waals surface area contributed by atoms with E-state index in [0.717, 1.165) is 6.42 Å². The molecule has 1 aliphatic heterocycles. The molecule has 0 atom stereocenters. The molecule has 0 bridgehead atoms. The highest BCUT2D eigenvalue weighted by atomic mass is 32.2. The SMILES string of the molecule is CCC(C)(C)NC(=O)COC(=O)CCN=C1NS(=O)(=O)c2ccccc21. The first kappa shape index (κ1) is 19.9. The van der Waals surface area contributed by atoms with Crippen LogP contribution in [0.4, 0.5) is 0 Å². The molecule has 26 heavy (non-hydrogen) atoms. The van der Waals surface area contributed by atoms with Crippen molar-refractivity contribution in [3.8, 4) is 0 Å². The average Bonchev–Trinajstić information content (AvgIpc) is 2.84. The molecule has 1 aromatic carbocycles. The molecular formula is C17H23N3O5S. The number of esters is 1. The fourth-order valence-electron chi connectivity index (χ4n) is 2.23. The lowest BCUT2D eigenvalue weighted by Crippen LogP contribution is -2.44. The van der Waals surface area contributed by atoms with Crippen molar-refractivity contribution >= 4 is 27.7 Å². The summed E-state index contributed by atoms with van der Waals surface area (Å²) in [6, 6.07) is 6.47. The van der Waals surface area contributed by atoms with E-state index in [1.54, 1.807) is 18.2 Å². The molecule has 0 radical (unpaired) electrons. The molecule has 1 amide bonds. The van der Waals surface area contributed by atoms with Crippen molar-refractivity contribution in [2.45, 2.75) is 44.0 Å². The number of nitrogens with one attached hydrogen (secondary N) is 2. The first-order valence-electron chi connectivity index (χ1n) is 8.28. The van der Waals surface area contributed by atoms with Gasteiger partial charge in [0.1, 0.15) is 5.84 Å². The molecule has 0 aliphatic carbocycles. The Balaban J connectivity index is 1.84. The predicted molar refractivity (Wildman–Crippen MR) is 96.3 cm³/mol. The molecule has 8 nitrogen and oxygen atoms in total. The van der Waals surface area contributed by atoms with Gasteiger partial charge in [-0.2, -0.15) is 0 Å². The maximum Gasteiger partial charge on any atom is 0.308 e. The number of fused-ring (bicyclic) bond motifs is 1. The Morgan fingerprint density at radius 2 is 1.96 bits per heavy atom. The van der Waals surface area contributed by atoms with Gasteiger partial charge in [0, 0.05) is 11.1 Å². The lowest BCUT2D eigenvalue weighted by atomic mass is 10.0. The lowest BCUT2D eigenvalue weighted by Gasteiger charge is -2.24. The van der Waals surface area contributed by atoms with Gasteiger partial charge in [0.15, 0.2) is 6.61 Å². The van der Waals surface area contributed by atoms with Crippen LogP contribution in [0.5, 0.6) is 0 Å². The third kappa shape index (κ3) is 5.04. The number of amidine groups is 1. The Kier molecular flexibility index (Phi) is 6.01. The minimum atomic E-state index is -3.60. The van der Waals surface area contributed by atoms with E-state index in [9.17, 15) is 18.0 Å². The lowest BCUT2D eigenvalue weighted by molar-refractivity contribution is -0.148. The average molecular weight is 381 g/mol. The maximum atomic E-state index is 11.9. The van der Waals surface area contributed by atoms with Gasteiger partial charge in [-0.1, -0.05) is 19.1 Å². The predicted octanol–water partition coefficient (Wildman–Crippen LogP) is 0.963. The van der Waals surface area contributed by atoms with Gasteiger partial charge in [0.05, 0.1) is 17.9 Å². The first-order valence-corrected chi connectivity index (χ1v) is 9.76. The molecule has 142 valence electrons. The second-order valence-corrected chi connectivity index (χ2v) is 8.18. The summed E-state index contributed by atoms with van der Waals surface area (Å²) < 4.78 is 31.2. The highest BCUT2D eigenvalue weighted by Gasteiger charge is 2.30. The third-order valence-corrected chi connectivity index (χ3v) is 5.37. The van der Waals surface area contributed by atoms with E-state index in [2.05, 4.69) is 15.0 Å². The summed E-state index contributed by atoms with van der Waals surface area (Å²) in [5, 5.41) is 2.76. The van der Waals surface area contributed by atoms with Crippen LogP contribution in [0.3, 0.4) is 0 Å². The molecule has 1 aliphatic rings. The highest BCUT2D eigenvalue weighted by Crippen LogP contribution is 2.22. The van der Waals surface area contributed by atoms with Crippen LogP contribution in [0, 0.1) is 0 Å². The van der Waals surface area contributed by atoms with Crippen LogP contribution < -0.4 is 10.0 Å². The van der Waals surface area contributed by atoms with Gasteiger partial charge < -0.3 is 10.1 Å². The molecule has 0 spiro atoms. The van der Waals surface area contributed by atoms with Crippen LogP contribution in [0.15, 0.2) is 34.2 Å². The van der Waals surface area contributed by atoms with Crippen LogP contribution in [0.1, 0.15) is 39.2 Å². The van der Waals surface area contributed by atoms with E-state index in [1.165, 1.54) is 6.07 Å². The number of carbonyl (C=O) groups excluding carboxylic acids is 2. The zero-order valence-electron chi connectivity index (χ0n) is 15.0. The van der Waals surface area contributed by atoms with E-state index in [4.69, 9.17) is 4.74 Å². The third-order valence-electron chi connectivity index (χ3n) is 3.97. The molecule has 2 rings (SSSR count). The van der Waals surface area contributed by atoms with Crippen molar-refractivity contribution in [3.05, 3.63) is 29.8 Å². The van der Waals surface area contributed by atoms with E-state index >= 15 is 0 Å². The minimum absolute atomic E-state index is 0.0487. The Morgan fingerprint density at radius 1 is 1.27 bits per heavy atom. The number of carbonyl (C=O) groups is 2. The van der Waals surface area contributed by atoms with Gasteiger partial charge in [-0.15, -0.1) is 0 Å². The summed E-state index contributed by atoms with van der Waals surface area (Å²) in [4.78, 5) is 27.7. The summed E-state index contributed by atoms with van der Waals surface area (Å²) in [5.41, 5.74) is 0.115. The molecule has 2 N–H and O–H groups in total. The molecule has 0 unspecified atom stereocenters. The highest BCUT2D eigenvalue weighted by molar-refractivity contribution is 7.90. The summed E-state index contributed by atoms with van der Waals surface area (Å²) in [5.74, 6) is -0.738. The Bertz CT molecular complexity index is 831. The second kappa shape index (κ2) is 7.86. The molecular weight excluding hydrogens is 358 g/mol. The fourth-order valence-corrected chi connectivity index (χ4v) is 3.48. The standard InChI is InChI=1S/C17H23N3O5S/c1-4-17(2,3)19-14(21)11-25-15(22)9-10-18-16-12-7-5-6-8-13(12)26(23,24)20-16/h5-8H,4,9-11H2,1-3H3,(H,18,20)(H,19,21). The number of sulfonamides is 1. The van der Waals surface area contributed by atoms with Gasteiger partial charge in [-0.05, 0) is 32.4 Å². The van der Waals surface area contributed by atoms with Crippen LogP contribution in [0.2, 0.25) is 0 Å². The number of rotatable bonds is 7. The van der Waals surface area contributed by atoms with Crippen molar-refractivity contribution in [1.82, 2.24) is 10.0 Å². The van der Waals surface area contributed by atoms with Gasteiger partial charge >= 0.3 is 5.97 Å². The van der Waals surface area contributed by atoms with Gasteiger partial charge in [-0.3, -0.25) is 19.3 Å². The molecule has 0 aromatic heterocycles. The van der Waals surface area contributed by atoms with Crippen molar-refractivity contribution in [1.29, 1.82) is 0 Å². The first-order chi connectivity index (χ1) is 12.1. The Labute approximate surface area is 153 Å². The van der Waals surface area contributed by atoms with Gasteiger partial charge in [0.2, 0.25) is 0 Å². The summed E-state index contributed by atoms with van der Waals surface area (Å²) in [7, 11) is -3.60. The Morgan fingerprint density at radius 3 is 2.65 bits per heavy atom. The quantitative estimate of drug-likeness (QED) is 0.683. The smallest absolute Gasteiger partial charge is 0.308 e. The van der Waals surface area contributed by atoms with Crippen LogP contribution >= 0.6 is 0 Å². The zero-order valence-corrected chi connectivity index (χ0v) is 15.9. The van der Waals surface area contributed by atoms with Crippen molar-refractivity contribution in [3.63, 3.8) is 0 Å². The number of benzene rings is 1. The maximum absolute atomic E-state index is 11.9. The normalized spacial score (nSPS) is 16.7. The molecule has 0 saturated carbocycles. The van der Waals surface area contributed by atoms with Crippen LogP contribution in [-0.2, 0) is 24.3 Å². The summed E-state index contributed by atoms with van der Waals surface area (Å²) >= 11 is 0. The molecule has 0 saturated heterocycles. The van der Waals surface area contributed by atoms with E-state index in [-0.39, 0.29) is 41.7 Å². The summed E-state index contributed by atoms with van der Waals surface area (Å²) in [6.45, 7) is 5.40. The molecule has 9 heteroatoms.